The summed E-state index contributed by atoms with van der Waals surface area (Å²) in [6.07, 6.45) is 22.6. The molecule has 170 valence electrons. The van der Waals surface area contributed by atoms with E-state index in [1.54, 1.807) is 0 Å². The Balaban J connectivity index is 0. The minimum Gasteiger partial charge on any atom is -1.00 e. The van der Waals surface area contributed by atoms with Gasteiger partial charge in [0.15, 0.2) is 0 Å². The highest BCUT2D eigenvalue weighted by Crippen LogP contribution is 2.14. The van der Waals surface area contributed by atoms with Crippen LogP contribution in [-0.4, -0.2) is 44.2 Å². The van der Waals surface area contributed by atoms with Gasteiger partial charge < -0.3 is 21.6 Å². The van der Waals surface area contributed by atoms with Gasteiger partial charge in [0.05, 0.1) is 20.6 Å². The first-order chi connectivity index (χ1) is 13.0. The lowest BCUT2D eigenvalue weighted by molar-refractivity contribution is -0.890. The molecule has 0 bridgehead atoms. The van der Waals surface area contributed by atoms with Crippen LogP contribution in [0.2, 0.25) is 0 Å². The summed E-state index contributed by atoms with van der Waals surface area (Å²) in [5, 5.41) is 0. The van der Waals surface area contributed by atoms with Crippen LogP contribution in [0.4, 0.5) is 0 Å². The second-order valence-electron chi connectivity index (χ2n) is 9.03. The van der Waals surface area contributed by atoms with Gasteiger partial charge in [-0.15, -0.1) is 0 Å². The number of ether oxygens (including phenoxy) is 1. The van der Waals surface area contributed by atoms with Crippen molar-refractivity contribution in [3.05, 3.63) is 0 Å². The zero-order chi connectivity index (χ0) is 20.2. The molecule has 0 amide bonds. The van der Waals surface area contributed by atoms with Gasteiger partial charge in [-0.25, -0.2) is 0 Å². The number of nitrogens with zero attached hydrogens (tertiary/aromatic N) is 1. The molecule has 0 aliphatic carbocycles. The molecule has 0 aromatic carbocycles. The molecule has 0 atom stereocenters. The Hall–Kier alpha value is -0.280. The lowest BCUT2D eigenvalue weighted by atomic mass is 10.0. The molecule has 0 aromatic rings. The van der Waals surface area contributed by atoms with Crippen molar-refractivity contribution in [2.45, 2.75) is 117 Å². The van der Waals surface area contributed by atoms with E-state index in [2.05, 4.69) is 21.0 Å². The molecule has 0 radical (unpaired) electrons. The third-order valence-corrected chi connectivity index (χ3v) is 5.62. The molecule has 0 saturated carbocycles. The van der Waals surface area contributed by atoms with Gasteiger partial charge in [0.1, 0.15) is 13.2 Å². The summed E-state index contributed by atoms with van der Waals surface area (Å²) < 4.78 is 6.01. The maximum absolute atomic E-state index is 10.8. The number of likely N-dealkylation sites (N-methyl/N-ethyl adjacent to an activating group) is 1. The van der Waals surface area contributed by atoms with Gasteiger partial charge in [-0.05, 0) is 12.8 Å². The van der Waals surface area contributed by atoms with Crippen LogP contribution >= 0.6 is 0 Å². The first-order valence-electron chi connectivity index (χ1n) is 11.9. The Kier molecular flexibility index (Phi) is 22.9. The van der Waals surface area contributed by atoms with Crippen LogP contribution in [0, 0.1) is 0 Å². The molecule has 0 heterocycles. The van der Waals surface area contributed by atoms with Crippen LogP contribution in [0.1, 0.15) is 117 Å². The Bertz CT molecular complexity index is 335. The minimum absolute atomic E-state index is 0. The summed E-state index contributed by atoms with van der Waals surface area (Å²) in [5.74, 6) is -0.169. The highest BCUT2D eigenvalue weighted by molar-refractivity contribution is 5.65. The van der Waals surface area contributed by atoms with Gasteiger partial charge in [-0.3, -0.25) is 4.79 Å². The van der Waals surface area contributed by atoms with Gasteiger partial charge in [0.25, 0.3) is 0 Å². The summed E-state index contributed by atoms with van der Waals surface area (Å²) in [5.41, 5.74) is 0. The number of esters is 1. The molecule has 0 aliphatic heterocycles. The predicted molar refractivity (Wildman–Crippen MR) is 118 cm³/mol. The Morgan fingerprint density at radius 3 is 1.36 bits per heavy atom. The van der Waals surface area contributed by atoms with E-state index in [0.29, 0.717) is 6.61 Å². The number of rotatable bonds is 20. The highest BCUT2D eigenvalue weighted by atomic mass is 35.5. The van der Waals surface area contributed by atoms with E-state index in [1.807, 2.05) is 0 Å². The van der Waals surface area contributed by atoms with Gasteiger partial charge in [-0.1, -0.05) is 96.8 Å². The highest BCUT2D eigenvalue weighted by Gasteiger charge is 2.14. The summed E-state index contributed by atoms with van der Waals surface area (Å²) >= 11 is 0. The summed E-state index contributed by atoms with van der Waals surface area (Å²) in [6, 6.07) is 0. The molecule has 0 saturated heterocycles. The van der Waals surface area contributed by atoms with Crippen molar-refractivity contribution in [3.63, 3.8) is 0 Å². The molecule has 0 N–H and O–H groups in total. The summed E-state index contributed by atoms with van der Waals surface area (Å²) in [7, 11) is 4.46. The quantitative estimate of drug-likeness (QED) is 0.170. The largest absolute Gasteiger partial charge is 1.00 e. The van der Waals surface area contributed by atoms with Crippen molar-refractivity contribution >= 4 is 5.97 Å². The van der Waals surface area contributed by atoms with Crippen molar-refractivity contribution in [3.8, 4) is 0 Å². The number of carbonyl (C=O) groups excluding carboxylic acids is 1. The molecular weight excluding hydrogens is 370 g/mol. The van der Waals surface area contributed by atoms with Gasteiger partial charge in [-0.2, -0.15) is 0 Å². The summed E-state index contributed by atoms with van der Waals surface area (Å²) in [6.45, 7) is 6.41. The van der Waals surface area contributed by atoms with Crippen molar-refractivity contribution in [2.75, 3.05) is 33.8 Å². The van der Waals surface area contributed by atoms with E-state index in [1.165, 1.54) is 116 Å². The third kappa shape index (κ3) is 23.8. The van der Waals surface area contributed by atoms with E-state index in [4.69, 9.17) is 4.74 Å². The Morgan fingerprint density at radius 1 is 0.643 bits per heavy atom. The lowest BCUT2D eigenvalue weighted by Gasteiger charge is -2.29. The normalized spacial score (nSPS) is 11.3. The molecule has 28 heavy (non-hydrogen) atoms. The second-order valence-corrected chi connectivity index (χ2v) is 9.03. The molecule has 0 rings (SSSR count). The van der Waals surface area contributed by atoms with Gasteiger partial charge in [0, 0.05) is 6.92 Å². The first-order valence-corrected chi connectivity index (χ1v) is 11.9. The standard InChI is InChI=1S/C24H50NO2.ClH/c1-5-6-7-8-9-10-11-12-13-14-15-16-17-18-19-20-21-25(3,4)22-23-27-24(2)26;/h5-23H2,1-4H3;1H/q+1;/p-1. The zero-order valence-corrected chi connectivity index (χ0v) is 20.3. The third-order valence-electron chi connectivity index (χ3n) is 5.62. The number of halogens is 1. The van der Waals surface area contributed by atoms with E-state index < -0.39 is 0 Å². The molecule has 3 nitrogen and oxygen atoms in total. The molecular formula is C24H50ClNO2. The molecule has 0 fully saturated rings. The van der Waals surface area contributed by atoms with E-state index in [9.17, 15) is 4.79 Å². The Labute approximate surface area is 183 Å². The predicted octanol–water partition coefficient (Wildman–Crippen LogP) is 3.89. The second kappa shape index (κ2) is 21.4. The minimum atomic E-state index is -0.169. The number of quaternary nitrogens is 1. The van der Waals surface area contributed by atoms with Crippen LogP contribution < -0.4 is 12.4 Å². The molecule has 4 heteroatoms. The van der Waals surface area contributed by atoms with Crippen molar-refractivity contribution in [1.29, 1.82) is 0 Å². The lowest BCUT2D eigenvalue weighted by Crippen LogP contribution is -3.00. The SMILES string of the molecule is CCCCCCCCCCCCCCCCCC[N+](C)(C)CCOC(C)=O.[Cl-]. The van der Waals surface area contributed by atoms with Crippen LogP contribution in [0.25, 0.3) is 0 Å². The van der Waals surface area contributed by atoms with E-state index in [0.717, 1.165) is 11.0 Å². The van der Waals surface area contributed by atoms with Crippen molar-refractivity contribution in [1.82, 2.24) is 0 Å². The fourth-order valence-corrected chi connectivity index (χ4v) is 3.64. The van der Waals surface area contributed by atoms with Gasteiger partial charge >= 0.3 is 5.97 Å². The molecule has 0 unspecified atom stereocenters. The van der Waals surface area contributed by atoms with Crippen molar-refractivity contribution in [2.24, 2.45) is 0 Å². The number of hydrogen-bond acceptors (Lipinski definition) is 2. The first kappa shape index (κ1) is 29.9. The smallest absolute Gasteiger partial charge is 0.302 e. The fraction of sp³-hybridized carbons (Fsp3) is 0.958. The average Bonchev–Trinajstić information content (AvgIpc) is 2.60. The maximum atomic E-state index is 10.8. The number of hydrogen-bond donors (Lipinski definition) is 0. The maximum Gasteiger partial charge on any atom is 0.302 e. The monoisotopic (exact) mass is 419 g/mol. The van der Waals surface area contributed by atoms with Crippen LogP contribution in [0.15, 0.2) is 0 Å². The summed E-state index contributed by atoms with van der Waals surface area (Å²) in [4.78, 5) is 10.8. The zero-order valence-electron chi connectivity index (χ0n) is 19.6. The fourth-order valence-electron chi connectivity index (χ4n) is 3.64. The van der Waals surface area contributed by atoms with Crippen LogP contribution in [-0.2, 0) is 9.53 Å². The molecule has 0 aliphatic rings. The number of carbonyl (C=O) groups is 1. The van der Waals surface area contributed by atoms with Crippen LogP contribution in [0.3, 0.4) is 0 Å². The van der Waals surface area contributed by atoms with Gasteiger partial charge in [0.2, 0.25) is 0 Å². The van der Waals surface area contributed by atoms with Crippen LogP contribution in [0.5, 0.6) is 0 Å². The topological polar surface area (TPSA) is 26.3 Å². The molecule has 0 aromatic heterocycles. The Morgan fingerprint density at radius 2 is 1.00 bits per heavy atom. The van der Waals surface area contributed by atoms with E-state index >= 15 is 0 Å². The number of unbranched alkanes of at least 4 members (excludes halogenated alkanes) is 15. The van der Waals surface area contributed by atoms with Crippen molar-refractivity contribution < 1.29 is 26.4 Å². The average molecular weight is 420 g/mol. The molecule has 0 spiro atoms. The van der Waals surface area contributed by atoms with E-state index in [-0.39, 0.29) is 18.4 Å².